The number of rotatable bonds is 5. The average Bonchev–Trinajstić information content (AvgIpc) is 2.82. The van der Waals surface area contributed by atoms with Crippen LogP contribution in [0, 0.1) is 5.92 Å². The van der Waals surface area contributed by atoms with Gasteiger partial charge in [0.2, 0.25) is 10.0 Å². The predicted octanol–water partition coefficient (Wildman–Crippen LogP) is 0.0705. The molecule has 1 fully saturated rings. The fourth-order valence-corrected chi connectivity index (χ4v) is 3.01. The highest BCUT2D eigenvalue weighted by Crippen LogP contribution is 2.20. The molecular weight excluding hydrogens is 268 g/mol. The van der Waals surface area contributed by atoms with Gasteiger partial charge in [0.1, 0.15) is 10.7 Å². The second-order valence-corrected chi connectivity index (χ2v) is 6.27. The van der Waals surface area contributed by atoms with Gasteiger partial charge in [-0.15, -0.1) is 0 Å². The molecule has 2 unspecified atom stereocenters. The Morgan fingerprint density at radius 1 is 1.53 bits per heavy atom. The summed E-state index contributed by atoms with van der Waals surface area (Å²) in [5.74, 6) is 5.80. The van der Waals surface area contributed by atoms with Crippen LogP contribution in [-0.4, -0.2) is 32.7 Å². The number of nitrogens with one attached hydrogen (secondary N) is 2. The van der Waals surface area contributed by atoms with Crippen LogP contribution in [0.4, 0.5) is 5.82 Å². The van der Waals surface area contributed by atoms with E-state index < -0.39 is 10.0 Å². The molecule has 2 heterocycles. The first-order valence-electron chi connectivity index (χ1n) is 6.07. The van der Waals surface area contributed by atoms with Gasteiger partial charge in [0.15, 0.2) is 0 Å². The Hall–Kier alpha value is -1.22. The van der Waals surface area contributed by atoms with Gasteiger partial charge < -0.3 is 10.2 Å². The van der Waals surface area contributed by atoms with E-state index in [1.165, 1.54) is 18.3 Å². The van der Waals surface area contributed by atoms with Crippen molar-refractivity contribution in [3.63, 3.8) is 0 Å². The van der Waals surface area contributed by atoms with Gasteiger partial charge in [-0.2, -0.15) is 0 Å². The summed E-state index contributed by atoms with van der Waals surface area (Å²) in [4.78, 5) is 4.00. The van der Waals surface area contributed by atoms with Crippen molar-refractivity contribution in [2.45, 2.75) is 24.3 Å². The summed E-state index contributed by atoms with van der Waals surface area (Å²) in [5, 5.41) is 0. The molecule has 0 aromatic carbocycles. The number of sulfonamides is 1. The Kier molecular flexibility index (Phi) is 4.35. The quantitative estimate of drug-likeness (QED) is 0.522. The van der Waals surface area contributed by atoms with Crippen LogP contribution in [0.25, 0.3) is 0 Å². The number of nitrogens with two attached hydrogens (primary N) is 1. The Bertz CT molecular complexity index is 517. The first-order chi connectivity index (χ1) is 9.03. The van der Waals surface area contributed by atoms with E-state index in [1.807, 2.05) is 6.92 Å². The summed E-state index contributed by atoms with van der Waals surface area (Å²) in [5.41, 5.74) is 2.35. The topological polar surface area (TPSA) is 106 Å². The fraction of sp³-hybridized carbons (Fsp3) is 0.545. The molecule has 106 valence electrons. The predicted molar refractivity (Wildman–Crippen MR) is 70.8 cm³/mol. The molecule has 1 aromatic rings. The van der Waals surface area contributed by atoms with Crippen molar-refractivity contribution in [2.75, 3.05) is 18.6 Å². The van der Waals surface area contributed by atoms with Crippen LogP contribution in [0.15, 0.2) is 23.2 Å². The Morgan fingerprint density at radius 2 is 2.32 bits per heavy atom. The zero-order chi connectivity index (χ0) is 13.9. The third kappa shape index (κ3) is 3.41. The lowest BCUT2D eigenvalue weighted by Crippen LogP contribution is -2.32. The second kappa shape index (κ2) is 5.83. The first kappa shape index (κ1) is 14.2. The summed E-state index contributed by atoms with van der Waals surface area (Å²) in [6.07, 6.45) is 2.23. The van der Waals surface area contributed by atoms with E-state index in [-0.39, 0.29) is 16.9 Å². The number of hydrazine groups is 1. The van der Waals surface area contributed by atoms with Crippen molar-refractivity contribution in [1.82, 2.24) is 9.71 Å². The van der Waals surface area contributed by atoms with Crippen molar-refractivity contribution in [3.05, 3.63) is 18.3 Å². The van der Waals surface area contributed by atoms with Crippen LogP contribution in [0.5, 0.6) is 0 Å². The van der Waals surface area contributed by atoms with E-state index in [0.29, 0.717) is 19.0 Å². The van der Waals surface area contributed by atoms with Gasteiger partial charge in [0, 0.05) is 25.3 Å². The van der Waals surface area contributed by atoms with E-state index in [9.17, 15) is 8.42 Å². The number of anilines is 1. The summed E-state index contributed by atoms with van der Waals surface area (Å²) in [7, 11) is -3.53. The number of nitrogen functional groups attached to an aromatic ring is 1. The summed E-state index contributed by atoms with van der Waals surface area (Å²) in [6, 6.07) is 2.97. The molecule has 4 N–H and O–H groups in total. The minimum atomic E-state index is -3.53. The standard InChI is InChI=1S/C11H18N4O3S/c1-8-9(4-5-18-8)6-14-19(16,17)10-2-3-11(15-12)13-7-10/h2-3,7-9,14H,4-6,12H2,1H3,(H,13,15). The van der Waals surface area contributed by atoms with Crippen molar-refractivity contribution in [3.8, 4) is 0 Å². The molecular formula is C11H18N4O3S. The minimum absolute atomic E-state index is 0.0876. The maximum Gasteiger partial charge on any atom is 0.242 e. The summed E-state index contributed by atoms with van der Waals surface area (Å²) >= 11 is 0. The molecule has 1 aliphatic rings. The van der Waals surface area contributed by atoms with Gasteiger partial charge in [-0.3, -0.25) is 0 Å². The van der Waals surface area contributed by atoms with Crippen LogP contribution < -0.4 is 16.0 Å². The van der Waals surface area contributed by atoms with E-state index in [0.717, 1.165) is 6.42 Å². The first-order valence-corrected chi connectivity index (χ1v) is 7.55. The molecule has 7 nitrogen and oxygen atoms in total. The monoisotopic (exact) mass is 286 g/mol. The molecule has 2 rings (SSSR count). The average molecular weight is 286 g/mol. The molecule has 2 atom stereocenters. The lowest BCUT2D eigenvalue weighted by molar-refractivity contribution is 0.107. The molecule has 0 saturated carbocycles. The van der Waals surface area contributed by atoms with Crippen LogP contribution in [0.3, 0.4) is 0 Å². The minimum Gasteiger partial charge on any atom is -0.378 e. The molecule has 1 saturated heterocycles. The molecule has 1 aromatic heterocycles. The number of hydrogen-bond acceptors (Lipinski definition) is 6. The number of hydrogen-bond donors (Lipinski definition) is 3. The Labute approximate surface area is 112 Å². The van der Waals surface area contributed by atoms with Crippen LogP contribution in [-0.2, 0) is 14.8 Å². The highest BCUT2D eigenvalue weighted by Gasteiger charge is 2.26. The molecule has 0 radical (unpaired) electrons. The zero-order valence-electron chi connectivity index (χ0n) is 10.7. The largest absolute Gasteiger partial charge is 0.378 e. The molecule has 0 amide bonds. The van der Waals surface area contributed by atoms with Gasteiger partial charge in [-0.05, 0) is 25.5 Å². The van der Waals surface area contributed by atoms with Crippen LogP contribution in [0.1, 0.15) is 13.3 Å². The Morgan fingerprint density at radius 3 is 2.84 bits per heavy atom. The van der Waals surface area contributed by atoms with Gasteiger partial charge in [0.05, 0.1) is 6.10 Å². The smallest absolute Gasteiger partial charge is 0.242 e. The maximum absolute atomic E-state index is 12.1. The van der Waals surface area contributed by atoms with E-state index >= 15 is 0 Å². The number of nitrogens with zero attached hydrogens (tertiary/aromatic N) is 1. The zero-order valence-corrected chi connectivity index (χ0v) is 11.5. The molecule has 1 aliphatic heterocycles. The summed E-state index contributed by atoms with van der Waals surface area (Å²) in [6.45, 7) is 3.02. The number of aromatic nitrogens is 1. The number of ether oxygens (including phenoxy) is 1. The lowest BCUT2D eigenvalue weighted by atomic mass is 10.0. The molecule has 0 spiro atoms. The van der Waals surface area contributed by atoms with Crippen LogP contribution >= 0.6 is 0 Å². The van der Waals surface area contributed by atoms with Gasteiger partial charge in [-0.1, -0.05) is 0 Å². The number of pyridine rings is 1. The highest BCUT2D eigenvalue weighted by molar-refractivity contribution is 7.89. The fourth-order valence-electron chi connectivity index (χ4n) is 1.97. The van der Waals surface area contributed by atoms with Gasteiger partial charge >= 0.3 is 0 Å². The third-order valence-corrected chi connectivity index (χ3v) is 4.67. The molecule has 0 aliphatic carbocycles. The van der Waals surface area contributed by atoms with Crippen LogP contribution in [0.2, 0.25) is 0 Å². The SMILES string of the molecule is CC1OCCC1CNS(=O)(=O)c1ccc(NN)nc1. The third-order valence-electron chi connectivity index (χ3n) is 3.26. The lowest BCUT2D eigenvalue weighted by Gasteiger charge is -2.14. The second-order valence-electron chi connectivity index (χ2n) is 4.50. The van der Waals surface area contributed by atoms with Crippen molar-refractivity contribution >= 4 is 15.8 Å². The molecule has 0 bridgehead atoms. The van der Waals surface area contributed by atoms with Gasteiger partial charge in [-0.25, -0.2) is 24.0 Å². The molecule has 19 heavy (non-hydrogen) atoms. The summed E-state index contributed by atoms with van der Waals surface area (Å²) < 4.78 is 32.1. The van der Waals surface area contributed by atoms with Crippen molar-refractivity contribution in [1.29, 1.82) is 0 Å². The molecule has 8 heteroatoms. The van der Waals surface area contributed by atoms with E-state index in [1.54, 1.807) is 0 Å². The highest BCUT2D eigenvalue weighted by atomic mass is 32.2. The normalized spacial score (nSPS) is 23.5. The maximum atomic E-state index is 12.1. The van der Waals surface area contributed by atoms with Crippen molar-refractivity contribution in [2.24, 2.45) is 11.8 Å². The van der Waals surface area contributed by atoms with E-state index in [2.05, 4.69) is 15.1 Å². The van der Waals surface area contributed by atoms with Crippen molar-refractivity contribution < 1.29 is 13.2 Å². The van der Waals surface area contributed by atoms with Gasteiger partial charge in [0.25, 0.3) is 0 Å². The van der Waals surface area contributed by atoms with E-state index in [4.69, 9.17) is 10.6 Å². The Balaban J connectivity index is 2.01.